The summed E-state index contributed by atoms with van der Waals surface area (Å²) in [6.45, 7) is 2.89. The molecule has 1 fully saturated rings. The molecule has 2 aromatic heterocycles. The number of hydrogen-bond donors (Lipinski definition) is 1. The van der Waals surface area contributed by atoms with Crippen LogP contribution < -0.4 is 4.90 Å². The molecule has 0 aliphatic carbocycles. The Morgan fingerprint density at radius 3 is 2.86 bits per heavy atom. The van der Waals surface area contributed by atoms with Crippen molar-refractivity contribution in [1.82, 2.24) is 19.3 Å². The monoisotopic (exact) mass is 410 g/mol. The first-order valence-corrected chi connectivity index (χ1v) is 10.9. The zero-order valence-corrected chi connectivity index (χ0v) is 17.1. The summed E-state index contributed by atoms with van der Waals surface area (Å²) in [5.74, 6) is 1.05. The highest BCUT2D eigenvalue weighted by molar-refractivity contribution is 7.89. The summed E-state index contributed by atoms with van der Waals surface area (Å²) in [5.41, 5.74) is 0.915. The Morgan fingerprint density at radius 1 is 1.28 bits per heavy atom. The Kier molecular flexibility index (Phi) is 4.98. The van der Waals surface area contributed by atoms with Crippen LogP contribution in [0.15, 0.2) is 47.8 Å². The van der Waals surface area contributed by atoms with Gasteiger partial charge in [0.2, 0.25) is 10.0 Å². The molecule has 1 aromatic carbocycles. The molecule has 8 nitrogen and oxygen atoms in total. The fourth-order valence-electron chi connectivity index (χ4n) is 3.96. The molecule has 9 heteroatoms. The molecular weight excluding hydrogens is 388 g/mol. The second kappa shape index (κ2) is 7.46. The van der Waals surface area contributed by atoms with Crippen LogP contribution in [0.5, 0.6) is 0 Å². The van der Waals surface area contributed by atoms with Crippen molar-refractivity contribution in [2.45, 2.75) is 24.3 Å². The van der Waals surface area contributed by atoms with Crippen molar-refractivity contribution in [2.24, 2.45) is 5.92 Å². The minimum atomic E-state index is -3.76. The molecule has 0 amide bonds. The lowest BCUT2D eigenvalue weighted by Gasteiger charge is -2.41. The van der Waals surface area contributed by atoms with Crippen LogP contribution in [0.3, 0.4) is 0 Å². The van der Waals surface area contributed by atoms with Gasteiger partial charge in [-0.05, 0) is 30.5 Å². The third kappa shape index (κ3) is 3.34. The van der Waals surface area contributed by atoms with Gasteiger partial charge in [-0.2, -0.15) is 9.57 Å². The molecule has 1 aliphatic heterocycles. The summed E-state index contributed by atoms with van der Waals surface area (Å²) in [5, 5.41) is 10.2. The van der Waals surface area contributed by atoms with E-state index in [1.54, 1.807) is 12.1 Å². The Balaban J connectivity index is 1.66. The van der Waals surface area contributed by atoms with Crippen molar-refractivity contribution in [2.75, 3.05) is 25.0 Å². The van der Waals surface area contributed by atoms with Crippen molar-refractivity contribution in [3.05, 3.63) is 48.4 Å². The lowest BCUT2D eigenvalue weighted by Crippen LogP contribution is -2.52. The number of rotatable bonds is 4. The van der Waals surface area contributed by atoms with E-state index in [-0.39, 0.29) is 22.4 Å². The molecule has 3 heterocycles. The second-order valence-electron chi connectivity index (χ2n) is 7.35. The Labute approximate surface area is 169 Å². The quantitative estimate of drug-likeness (QED) is 0.708. The van der Waals surface area contributed by atoms with E-state index in [0.29, 0.717) is 13.1 Å². The van der Waals surface area contributed by atoms with Crippen LogP contribution in [0, 0.1) is 17.2 Å². The lowest BCUT2D eigenvalue weighted by atomic mass is 9.93. The van der Waals surface area contributed by atoms with Crippen LogP contribution >= 0.6 is 0 Å². The maximum Gasteiger partial charge on any atom is 0.244 e. The molecule has 1 aliphatic rings. The van der Waals surface area contributed by atoms with E-state index in [0.717, 1.165) is 23.3 Å². The number of nitrogens with one attached hydrogen (secondary N) is 1. The van der Waals surface area contributed by atoms with Crippen LogP contribution in [0.1, 0.15) is 18.9 Å². The highest BCUT2D eigenvalue weighted by atomic mass is 32.2. The Morgan fingerprint density at radius 2 is 2.07 bits per heavy atom. The first kappa shape index (κ1) is 19.4. The molecule has 0 saturated carbocycles. The number of fused-ring (bicyclic) bond motifs is 1. The maximum absolute atomic E-state index is 13.3. The molecular formula is C20H22N6O2S. The summed E-state index contributed by atoms with van der Waals surface area (Å²) in [6, 6.07) is 10.2. The van der Waals surface area contributed by atoms with Gasteiger partial charge < -0.3 is 9.88 Å². The average molecular weight is 411 g/mol. The first-order valence-electron chi connectivity index (χ1n) is 9.43. The Bertz CT molecular complexity index is 1180. The van der Waals surface area contributed by atoms with Crippen molar-refractivity contribution in [1.29, 1.82) is 5.26 Å². The highest BCUT2D eigenvalue weighted by Crippen LogP contribution is 2.31. The summed E-state index contributed by atoms with van der Waals surface area (Å²) in [6.07, 6.45) is 4.05. The first-order chi connectivity index (χ1) is 13.9. The summed E-state index contributed by atoms with van der Waals surface area (Å²) < 4.78 is 28.0. The average Bonchev–Trinajstić information content (AvgIpc) is 3.22. The second-order valence-corrected chi connectivity index (χ2v) is 9.26. The van der Waals surface area contributed by atoms with Crippen LogP contribution in [0.2, 0.25) is 0 Å². The lowest BCUT2D eigenvalue weighted by molar-refractivity contribution is 0.247. The molecule has 150 valence electrons. The summed E-state index contributed by atoms with van der Waals surface area (Å²) >= 11 is 0. The van der Waals surface area contributed by atoms with Crippen molar-refractivity contribution in [3.8, 4) is 6.07 Å². The molecule has 0 radical (unpaired) electrons. The van der Waals surface area contributed by atoms with Gasteiger partial charge in [0.15, 0.2) is 0 Å². The molecule has 3 aromatic rings. The Hall–Kier alpha value is -2.96. The number of likely N-dealkylation sites (N-methyl/N-ethyl adjacent to an activating group) is 1. The molecule has 29 heavy (non-hydrogen) atoms. The van der Waals surface area contributed by atoms with E-state index < -0.39 is 10.0 Å². The fourth-order valence-corrected chi connectivity index (χ4v) is 5.58. The molecule has 0 spiro atoms. The van der Waals surface area contributed by atoms with Crippen LogP contribution in [-0.4, -0.2) is 53.9 Å². The van der Waals surface area contributed by atoms with Gasteiger partial charge in [0.1, 0.15) is 23.9 Å². The smallest absolute Gasteiger partial charge is 0.244 e. The SMILES string of the molecule is CC1CCN(S(=O)(=O)c2ccccc2C#N)CC1N(C)c1ncnc2[nH]ccc12. The predicted molar refractivity (Wildman–Crippen MR) is 110 cm³/mol. The minimum absolute atomic E-state index is 0.0548. The number of benzene rings is 1. The zero-order chi connectivity index (χ0) is 20.6. The third-order valence-electron chi connectivity index (χ3n) is 5.67. The van der Waals surface area contributed by atoms with Gasteiger partial charge in [-0.1, -0.05) is 19.1 Å². The molecule has 1 N–H and O–H groups in total. The number of nitrogens with zero attached hydrogens (tertiary/aromatic N) is 5. The molecule has 0 bridgehead atoms. The number of aromatic nitrogens is 3. The largest absolute Gasteiger partial charge is 0.354 e. The minimum Gasteiger partial charge on any atom is -0.354 e. The number of nitriles is 1. The fraction of sp³-hybridized carbons (Fsp3) is 0.350. The third-order valence-corrected chi connectivity index (χ3v) is 7.59. The normalized spacial score (nSPS) is 20.4. The molecule has 2 unspecified atom stereocenters. The van der Waals surface area contributed by atoms with Crippen LogP contribution in [0.25, 0.3) is 11.0 Å². The zero-order valence-electron chi connectivity index (χ0n) is 16.3. The van der Waals surface area contributed by atoms with Gasteiger partial charge in [-0.25, -0.2) is 18.4 Å². The number of sulfonamides is 1. The highest BCUT2D eigenvalue weighted by Gasteiger charge is 2.37. The van der Waals surface area contributed by atoms with Gasteiger partial charge >= 0.3 is 0 Å². The molecule has 1 saturated heterocycles. The van der Waals surface area contributed by atoms with E-state index in [2.05, 4.69) is 21.9 Å². The van der Waals surface area contributed by atoms with Crippen molar-refractivity contribution < 1.29 is 8.42 Å². The van der Waals surface area contributed by atoms with Gasteiger partial charge in [0.05, 0.1) is 15.8 Å². The van der Waals surface area contributed by atoms with E-state index in [1.165, 1.54) is 22.8 Å². The number of hydrogen-bond acceptors (Lipinski definition) is 6. The van der Waals surface area contributed by atoms with Crippen molar-refractivity contribution >= 4 is 26.9 Å². The number of H-pyrrole nitrogens is 1. The van der Waals surface area contributed by atoms with E-state index in [9.17, 15) is 13.7 Å². The number of aromatic amines is 1. The molecule has 2 atom stereocenters. The van der Waals surface area contributed by atoms with Gasteiger partial charge in [0, 0.05) is 32.4 Å². The topological polar surface area (TPSA) is 106 Å². The van der Waals surface area contributed by atoms with E-state index in [4.69, 9.17) is 0 Å². The summed E-state index contributed by atoms with van der Waals surface area (Å²) in [7, 11) is -1.82. The van der Waals surface area contributed by atoms with Gasteiger partial charge in [-0.3, -0.25) is 0 Å². The van der Waals surface area contributed by atoms with Crippen LogP contribution in [-0.2, 0) is 10.0 Å². The van der Waals surface area contributed by atoms with E-state index >= 15 is 0 Å². The number of anilines is 1. The van der Waals surface area contributed by atoms with E-state index in [1.807, 2.05) is 30.3 Å². The predicted octanol–water partition coefficient (Wildman–Crippen LogP) is 2.37. The number of piperidine rings is 1. The van der Waals surface area contributed by atoms with Gasteiger partial charge in [-0.15, -0.1) is 0 Å². The van der Waals surface area contributed by atoms with Crippen molar-refractivity contribution in [3.63, 3.8) is 0 Å². The standard InChI is InChI=1S/C20H22N6O2S/c1-14-8-10-26(29(27,28)18-6-4-3-5-15(18)11-21)12-17(14)25(2)20-16-7-9-22-19(16)23-13-24-20/h3-7,9,13-14,17H,8,10,12H2,1-2H3,(H,22,23,24). The maximum atomic E-state index is 13.3. The summed E-state index contributed by atoms with van der Waals surface area (Å²) in [4.78, 5) is 13.9. The van der Waals surface area contributed by atoms with Gasteiger partial charge in [0.25, 0.3) is 0 Å². The van der Waals surface area contributed by atoms with Crippen LogP contribution in [0.4, 0.5) is 5.82 Å². The molecule has 4 rings (SSSR count).